The van der Waals surface area contributed by atoms with Crippen LogP contribution in [0.1, 0.15) is 38.2 Å². The Balaban J connectivity index is 2.00. The van der Waals surface area contributed by atoms with Crippen molar-refractivity contribution in [3.8, 4) is 0 Å². The first-order chi connectivity index (χ1) is 9.47. The van der Waals surface area contributed by atoms with Gasteiger partial charge in [-0.25, -0.2) is 4.79 Å². The molecule has 0 heterocycles. The van der Waals surface area contributed by atoms with E-state index in [0.29, 0.717) is 11.6 Å². The van der Waals surface area contributed by atoms with Crippen molar-refractivity contribution in [1.82, 2.24) is 4.90 Å². The van der Waals surface area contributed by atoms with Gasteiger partial charge in [0.25, 0.3) is 0 Å². The number of benzene rings is 1. The summed E-state index contributed by atoms with van der Waals surface area (Å²) in [6.07, 6.45) is 1.76. The van der Waals surface area contributed by atoms with Crippen molar-refractivity contribution in [2.75, 3.05) is 11.9 Å². The zero-order chi connectivity index (χ0) is 14.7. The molecule has 1 fully saturated rings. The molecule has 1 aliphatic rings. The van der Waals surface area contributed by atoms with Crippen molar-refractivity contribution < 1.29 is 14.7 Å². The Morgan fingerprint density at radius 3 is 2.35 bits per heavy atom. The van der Waals surface area contributed by atoms with Gasteiger partial charge >= 0.3 is 12.0 Å². The van der Waals surface area contributed by atoms with Gasteiger partial charge in [0.15, 0.2) is 0 Å². The number of aliphatic carboxylic acids is 1. The molecule has 2 N–H and O–H groups in total. The normalized spacial score (nSPS) is 14.2. The van der Waals surface area contributed by atoms with E-state index >= 15 is 0 Å². The number of carbonyl (C=O) groups is 2. The molecule has 108 valence electrons. The summed E-state index contributed by atoms with van der Waals surface area (Å²) < 4.78 is 0. The van der Waals surface area contributed by atoms with E-state index in [1.165, 1.54) is 10.5 Å². The molecule has 0 saturated heterocycles. The Bertz CT molecular complexity index is 492. The number of hydrogen-bond donors (Lipinski definition) is 2. The fourth-order valence-electron chi connectivity index (χ4n) is 2.05. The van der Waals surface area contributed by atoms with Crippen molar-refractivity contribution in [3.63, 3.8) is 0 Å². The Labute approximate surface area is 118 Å². The molecule has 0 spiro atoms. The molecule has 20 heavy (non-hydrogen) atoms. The molecule has 0 unspecified atom stereocenters. The van der Waals surface area contributed by atoms with Crippen LogP contribution >= 0.6 is 0 Å². The number of hydrogen-bond acceptors (Lipinski definition) is 2. The number of rotatable bonds is 5. The number of carboxylic acids is 1. The third-order valence-electron chi connectivity index (χ3n) is 3.38. The molecule has 2 rings (SSSR count). The van der Waals surface area contributed by atoms with Crippen LogP contribution in [0, 0.1) is 0 Å². The zero-order valence-electron chi connectivity index (χ0n) is 11.8. The molecular formula is C15H20N2O3. The monoisotopic (exact) mass is 276 g/mol. The molecule has 0 radical (unpaired) electrons. The third-order valence-corrected chi connectivity index (χ3v) is 3.38. The molecule has 0 bridgehead atoms. The first kappa shape index (κ1) is 14.4. The van der Waals surface area contributed by atoms with E-state index in [1.54, 1.807) is 0 Å². The van der Waals surface area contributed by atoms with Crippen LogP contribution in [0.4, 0.5) is 10.5 Å². The number of carboxylic acid groups (broad SMARTS) is 1. The number of nitrogens with one attached hydrogen (secondary N) is 1. The second-order valence-corrected chi connectivity index (χ2v) is 5.46. The number of carbonyl (C=O) groups excluding carboxylic acids is 1. The second-order valence-electron chi connectivity index (χ2n) is 5.46. The Morgan fingerprint density at radius 2 is 1.90 bits per heavy atom. The van der Waals surface area contributed by atoms with Crippen LogP contribution in [0.15, 0.2) is 24.3 Å². The molecule has 1 aromatic carbocycles. The average molecular weight is 276 g/mol. The lowest BCUT2D eigenvalue weighted by Gasteiger charge is -2.20. The fourth-order valence-corrected chi connectivity index (χ4v) is 2.05. The first-order valence-corrected chi connectivity index (χ1v) is 6.86. The lowest BCUT2D eigenvalue weighted by molar-refractivity contribution is -0.137. The largest absolute Gasteiger partial charge is 0.480 e. The van der Waals surface area contributed by atoms with Gasteiger partial charge in [0.2, 0.25) is 0 Å². The van der Waals surface area contributed by atoms with Gasteiger partial charge in [-0.2, -0.15) is 0 Å². The lowest BCUT2D eigenvalue weighted by atomic mass is 10.0. The highest BCUT2D eigenvalue weighted by Gasteiger charge is 2.33. The van der Waals surface area contributed by atoms with Gasteiger partial charge in [0, 0.05) is 11.7 Å². The highest BCUT2D eigenvalue weighted by atomic mass is 16.4. The maximum Gasteiger partial charge on any atom is 0.323 e. The summed E-state index contributed by atoms with van der Waals surface area (Å²) in [5, 5.41) is 11.6. The van der Waals surface area contributed by atoms with Crippen molar-refractivity contribution in [3.05, 3.63) is 29.8 Å². The highest BCUT2D eigenvalue weighted by Crippen LogP contribution is 2.27. The van der Waals surface area contributed by atoms with Crippen molar-refractivity contribution in [1.29, 1.82) is 0 Å². The molecule has 5 nitrogen and oxygen atoms in total. The van der Waals surface area contributed by atoms with Crippen LogP contribution in [-0.4, -0.2) is 34.6 Å². The Hall–Kier alpha value is -2.04. The smallest absolute Gasteiger partial charge is 0.323 e. The SMILES string of the molecule is CC(C)c1ccc(NC(=O)N(CC(=O)O)C2CC2)cc1. The second kappa shape index (κ2) is 5.94. The molecule has 2 amide bonds. The Kier molecular flexibility index (Phi) is 4.27. The van der Waals surface area contributed by atoms with Crippen molar-refractivity contribution in [2.24, 2.45) is 0 Å². The maximum absolute atomic E-state index is 12.1. The standard InChI is InChI=1S/C15H20N2O3/c1-10(2)11-3-5-12(6-4-11)16-15(20)17(9-14(18)19)13-7-8-13/h3-6,10,13H,7-9H2,1-2H3,(H,16,20)(H,18,19). The fraction of sp³-hybridized carbons (Fsp3) is 0.467. The molecule has 5 heteroatoms. The summed E-state index contributed by atoms with van der Waals surface area (Å²) in [6.45, 7) is 3.96. The third kappa shape index (κ3) is 3.73. The van der Waals surface area contributed by atoms with Crippen LogP contribution in [-0.2, 0) is 4.79 Å². The van der Waals surface area contributed by atoms with Crippen LogP contribution in [0.2, 0.25) is 0 Å². The van der Waals surface area contributed by atoms with Crippen LogP contribution in [0.3, 0.4) is 0 Å². The van der Waals surface area contributed by atoms with Gasteiger partial charge in [-0.05, 0) is 36.5 Å². The number of urea groups is 1. The van der Waals surface area contributed by atoms with E-state index in [4.69, 9.17) is 5.11 Å². The van der Waals surface area contributed by atoms with Gasteiger partial charge in [-0.1, -0.05) is 26.0 Å². The summed E-state index contributed by atoms with van der Waals surface area (Å²) in [7, 11) is 0. The van der Waals surface area contributed by atoms with Crippen LogP contribution in [0.25, 0.3) is 0 Å². The van der Waals surface area contributed by atoms with E-state index < -0.39 is 5.97 Å². The van der Waals surface area contributed by atoms with Crippen molar-refractivity contribution >= 4 is 17.7 Å². The van der Waals surface area contributed by atoms with E-state index in [9.17, 15) is 9.59 Å². The molecule has 0 aromatic heterocycles. The minimum Gasteiger partial charge on any atom is -0.480 e. The summed E-state index contributed by atoms with van der Waals surface area (Å²) in [5.41, 5.74) is 1.89. The minimum atomic E-state index is -0.984. The number of anilines is 1. The quantitative estimate of drug-likeness (QED) is 0.868. The summed E-state index contributed by atoms with van der Waals surface area (Å²) in [5.74, 6) is -0.545. The minimum absolute atomic E-state index is 0.0704. The maximum atomic E-state index is 12.1. The van der Waals surface area contributed by atoms with Gasteiger partial charge in [0.05, 0.1) is 0 Å². The molecule has 1 saturated carbocycles. The summed E-state index contributed by atoms with van der Waals surface area (Å²) in [4.78, 5) is 24.3. The predicted molar refractivity (Wildman–Crippen MR) is 76.9 cm³/mol. The predicted octanol–water partition coefficient (Wildman–Crippen LogP) is 2.89. The van der Waals surface area contributed by atoms with E-state index in [2.05, 4.69) is 19.2 Å². The topological polar surface area (TPSA) is 69.6 Å². The summed E-state index contributed by atoms with van der Waals surface area (Å²) in [6, 6.07) is 7.36. The Morgan fingerprint density at radius 1 is 1.30 bits per heavy atom. The van der Waals surface area contributed by atoms with Gasteiger partial charge in [-0.3, -0.25) is 4.79 Å². The van der Waals surface area contributed by atoms with Crippen LogP contribution in [0.5, 0.6) is 0 Å². The molecular weight excluding hydrogens is 256 g/mol. The van der Waals surface area contributed by atoms with E-state index in [0.717, 1.165) is 12.8 Å². The lowest BCUT2D eigenvalue weighted by Crippen LogP contribution is -2.40. The van der Waals surface area contributed by atoms with Gasteiger partial charge in [-0.15, -0.1) is 0 Å². The van der Waals surface area contributed by atoms with Crippen LogP contribution < -0.4 is 5.32 Å². The van der Waals surface area contributed by atoms with E-state index in [-0.39, 0.29) is 18.6 Å². The molecule has 0 aliphatic heterocycles. The average Bonchev–Trinajstić information content (AvgIpc) is 3.20. The summed E-state index contributed by atoms with van der Waals surface area (Å²) >= 11 is 0. The molecule has 0 atom stereocenters. The van der Waals surface area contributed by atoms with Gasteiger partial charge in [0.1, 0.15) is 6.54 Å². The van der Waals surface area contributed by atoms with Gasteiger partial charge < -0.3 is 15.3 Å². The first-order valence-electron chi connectivity index (χ1n) is 6.86. The number of nitrogens with zero attached hydrogens (tertiary/aromatic N) is 1. The molecule has 1 aromatic rings. The number of amides is 2. The zero-order valence-corrected chi connectivity index (χ0v) is 11.8. The van der Waals surface area contributed by atoms with Crippen molar-refractivity contribution in [2.45, 2.75) is 38.6 Å². The highest BCUT2D eigenvalue weighted by molar-refractivity contribution is 5.91. The van der Waals surface area contributed by atoms with E-state index in [1.807, 2.05) is 24.3 Å². The molecule has 1 aliphatic carbocycles.